The number of halogens is 2. The highest BCUT2D eigenvalue weighted by molar-refractivity contribution is 5.92. The summed E-state index contributed by atoms with van der Waals surface area (Å²) in [5, 5.41) is 12.5. The van der Waals surface area contributed by atoms with E-state index in [1.54, 1.807) is 67.7 Å². The van der Waals surface area contributed by atoms with Crippen molar-refractivity contribution in [3.8, 4) is 22.6 Å². The van der Waals surface area contributed by atoms with Crippen LogP contribution in [0.5, 0.6) is 0 Å². The van der Waals surface area contributed by atoms with Gasteiger partial charge in [-0.1, -0.05) is 30.3 Å². The first-order chi connectivity index (χ1) is 22.1. The fourth-order valence-corrected chi connectivity index (χ4v) is 4.36. The number of nitrogens with one attached hydrogen (secondary N) is 2. The van der Waals surface area contributed by atoms with Crippen molar-refractivity contribution in [3.05, 3.63) is 120 Å². The van der Waals surface area contributed by atoms with Gasteiger partial charge in [-0.2, -0.15) is 0 Å². The van der Waals surface area contributed by atoms with Crippen LogP contribution in [0.1, 0.15) is 35.0 Å². The molecule has 1 aliphatic heterocycles. The largest absolute Gasteiger partial charge is 0.481 e. The van der Waals surface area contributed by atoms with E-state index in [1.165, 1.54) is 24.3 Å². The molecule has 46 heavy (non-hydrogen) atoms. The predicted octanol–water partition coefficient (Wildman–Crippen LogP) is 5.35. The Morgan fingerprint density at radius 2 is 1.59 bits per heavy atom. The van der Waals surface area contributed by atoms with Gasteiger partial charge in [0.15, 0.2) is 5.82 Å². The molecule has 2 aromatic heterocycles. The second-order valence-electron chi connectivity index (χ2n) is 10.6. The number of carbonyl (C=O) groups is 2. The first-order valence-corrected chi connectivity index (χ1v) is 14.1. The zero-order valence-electron chi connectivity index (χ0n) is 24.6. The van der Waals surface area contributed by atoms with Crippen molar-refractivity contribution < 1.29 is 33.0 Å². The Kier molecular flexibility index (Phi) is 9.74. The number of H-pyrrole nitrogens is 1. The number of benzene rings is 3. The maximum atomic E-state index is 13.6. The van der Waals surface area contributed by atoms with Gasteiger partial charge in [-0.05, 0) is 67.1 Å². The third-order valence-corrected chi connectivity index (χ3v) is 7.02. The number of rotatable bonds is 8. The molecule has 5 N–H and O–H groups in total. The van der Waals surface area contributed by atoms with Crippen molar-refractivity contribution in [1.82, 2.24) is 19.9 Å². The number of carbonyl (C=O) groups excluding carboxylic acids is 1. The second-order valence-corrected chi connectivity index (χ2v) is 10.6. The maximum absolute atomic E-state index is 13.6. The number of aromatic nitrogens is 4. The molecule has 5 aromatic rings. The summed E-state index contributed by atoms with van der Waals surface area (Å²) in [4.78, 5) is 38.6. The van der Waals surface area contributed by atoms with Crippen LogP contribution in [0.15, 0.2) is 91.1 Å². The monoisotopic (exact) mass is 628 g/mol. The average molecular weight is 629 g/mol. The van der Waals surface area contributed by atoms with Gasteiger partial charge in [0.25, 0.3) is 0 Å². The van der Waals surface area contributed by atoms with E-state index in [0.29, 0.717) is 46.5 Å². The van der Waals surface area contributed by atoms with Crippen LogP contribution in [0.4, 0.5) is 14.7 Å². The molecule has 1 amide bonds. The number of ether oxygens (including phenoxy) is 2. The topological polar surface area (TPSA) is 165 Å². The summed E-state index contributed by atoms with van der Waals surface area (Å²) in [5.41, 5.74) is 7.35. The van der Waals surface area contributed by atoms with Gasteiger partial charge in [0.2, 0.25) is 18.1 Å². The number of nitrogens with zero attached hydrogens (tertiary/aromatic N) is 3. The molecule has 1 saturated heterocycles. The van der Waals surface area contributed by atoms with Gasteiger partial charge in [-0.15, -0.1) is 0 Å². The molecule has 3 heterocycles. The molecule has 0 radical (unpaired) electrons. The molecule has 11 nitrogen and oxygen atoms in total. The Hall–Kier alpha value is -5.53. The first-order valence-electron chi connectivity index (χ1n) is 14.1. The number of primary amides is 1. The van der Waals surface area contributed by atoms with Crippen molar-refractivity contribution in [2.45, 2.75) is 19.8 Å². The van der Waals surface area contributed by atoms with E-state index in [1.807, 2.05) is 6.07 Å². The highest BCUT2D eigenvalue weighted by atomic mass is 19.1. The lowest BCUT2D eigenvalue weighted by Crippen LogP contribution is -2.42. The molecule has 13 heteroatoms. The zero-order chi connectivity index (χ0) is 32.7. The van der Waals surface area contributed by atoms with E-state index in [2.05, 4.69) is 25.3 Å². The van der Waals surface area contributed by atoms with Gasteiger partial charge in [-0.3, -0.25) is 9.59 Å². The summed E-state index contributed by atoms with van der Waals surface area (Å²) in [7, 11) is 0. The van der Waals surface area contributed by atoms with E-state index < -0.39 is 17.7 Å². The van der Waals surface area contributed by atoms with Crippen molar-refractivity contribution in [2.75, 3.05) is 18.5 Å². The van der Waals surface area contributed by atoms with Gasteiger partial charge < -0.3 is 30.6 Å². The number of hydrogen-bond acceptors (Lipinski definition) is 8. The lowest BCUT2D eigenvalue weighted by atomic mass is 9.92. The number of carboxylic acids is 1. The van der Waals surface area contributed by atoms with E-state index in [0.717, 1.165) is 5.56 Å². The average Bonchev–Trinajstić information content (AvgIpc) is 3.51. The number of imidazole rings is 1. The minimum atomic E-state index is -1.16. The van der Waals surface area contributed by atoms with Crippen LogP contribution in [0.3, 0.4) is 0 Å². The van der Waals surface area contributed by atoms with E-state index in [-0.39, 0.29) is 30.8 Å². The smallest absolute Gasteiger partial charge is 0.314 e. The fraction of sp³-hybridized carbons (Fsp3) is 0.182. The summed E-state index contributed by atoms with van der Waals surface area (Å²) in [6.07, 6.45) is 0.661. The number of nitrogens with two attached hydrogens (primary N) is 1. The normalized spacial score (nSPS) is 17.4. The zero-order valence-corrected chi connectivity index (χ0v) is 24.6. The quantitative estimate of drug-likeness (QED) is 0.177. The molecular formula is C33H30F2N6O5. The standard InChI is InChI=1S/C26H23F2N5O4.C7H7NO/c1-26(24(34)35)13-36-23(37-14-26)22-32-20(16-4-8-18(28)9-5-16)21(33-22)19-10-11-29-25(31-19)30-12-15-2-6-17(27)7-3-15;8-7(9)6-4-2-1-3-5-6/h2-11,23H,12-14H2,1H3,(H,32,33)(H,34,35)(H,29,30,31);1-5H,(H2,8,9). The lowest BCUT2D eigenvalue weighted by molar-refractivity contribution is -0.236. The second kappa shape index (κ2) is 14.1. The first kappa shape index (κ1) is 31.9. The molecule has 0 saturated carbocycles. The van der Waals surface area contributed by atoms with Crippen LogP contribution in [-0.4, -0.2) is 50.1 Å². The third-order valence-electron chi connectivity index (χ3n) is 7.02. The van der Waals surface area contributed by atoms with Crippen LogP contribution >= 0.6 is 0 Å². The number of aliphatic carboxylic acids is 1. The Labute approximate surface area is 262 Å². The van der Waals surface area contributed by atoms with Crippen LogP contribution in [0.2, 0.25) is 0 Å². The predicted molar refractivity (Wildman–Crippen MR) is 164 cm³/mol. The van der Waals surface area contributed by atoms with Gasteiger partial charge >= 0.3 is 5.97 Å². The molecule has 1 aliphatic rings. The molecule has 0 bridgehead atoms. The minimum Gasteiger partial charge on any atom is -0.481 e. The van der Waals surface area contributed by atoms with E-state index in [9.17, 15) is 23.5 Å². The summed E-state index contributed by atoms with van der Waals surface area (Å²) in [6, 6.07) is 22.4. The number of aromatic amines is 1. The van der Waals surface area contributed by atoms with Crippen LogP contribution in [0.25, 0.3) is 22.6 Å². The van der Waals surface area contributed by atoms with Crippen LogP contribution < -0.4 is 11.1 Å². The van der Waals surface area contributed by atoms with Gasteiger partial charge in [0.1, 0.15) is 17.0 Å². The maximum Gasteiger partial charge on any atom is 0.314 e. The highest BCUT2D eigenvalue weighted by Gasteiger charge is 2.41. The van der Waals surface area contributed by atoms with Crippen molar-refractivity contribution in [2.24, 2.45) is 11.1 Å². The van der Waals surface area contributed by atoms with Crippen molar-refractivity contribution in [1.29, 1.82) is 0 Å². The summed E-state index contributed by atoms with van der Waals surface area (Å²) in [6.45, 7) is 1.82. The molecule has 3 aromatic carbocycles. The van der Waals surface area contributed by atoms with Gasteiger partial charge in [0.05, 0.1) is 30.3 Å². The lowest BCUT2D eigenvalue weighted by Gasteiger charge is -2.33. The third kappa shape index (κ3) is 7.75. The highest BCUT2D eigenvalue weighted by Crippen LogP contribution is 2.35. The van der Waals surface area contributed by atoms with E-state index >= 15 is 0 Å². The number of anilines is 1. The Morgan fingerprint density at radius 1 is 0.957 bits per heavy atom. The Balaban J connectivity index is 0.000000400. The van der Waals surface area contributed by atoms with Gasteiger partial charge in [0, 0.05) is 23.9 Å². The Morgan fingerprint density at radius 3 is 2.17 bits per heavy atom. The van der Waals surface area contributed by atoms with E-state index in [4.69, 9.17) is 15.2 Å². The number of hydrogen-bond donors (Lipinski definition) is 4. The molecule has 0 unspecified atom stereocenters. The molecular weight excluding hydrogens is 598 g/mol. The molecule has 236 valence electrons. The van der Waals surface area contributed by atoms with Crippen LogP contribution in [-0.2, 0) is 20.8 Å². The Bertz CT molecular complexity index is 1790. The number of carboxylic acid groups (broad SMARTS) is 1. The molecule has 0 spiro atoms. The summed E-state index contributed by atoms with van der Waals surface area (Å²) >= 11 is 0. The number of amides is 1. The molecule has 6 rings (SSSR count). The van der Waals surface area contributed by atoms with Crippen molar-refractivity contribution >= 4 is 17.8 Å². The SMILES string of the molecule is CC1(C(=O)O)COC(c2nc(-c3ccc(F)cc3)c(-c3ccnc(NCc4ccc(F)cc4)n3)[nH]2)OC1.NC(=O)c1ccccc1. The fourth-order valence-electron chi connectivity index (χ4n) is 4.36. The molecule has 0 atom stereocenters. The van der Waals surface area contributed by atoms with Crippen LogP contribution in [0, 0.1) is 17.0 Å². The summed E-state index contributed by atoms with van der Waals surface area (Å²) < 4.78 is 38.2. The van der Waals surface area contributed by atoms with Gasteiger partial charge in [-0.25, -0.2) is 23.7 Å². The minimum absolute atomic E-state index is 0.0557. The van der Waals surface area contributed by atoms with Crippen molar-refractivity contribution in [3.63, 3.8) is 0 Å². The molecule has 1 fully saturated rings. The summed E-state index contributed by atoms with van der Waals surface area (Å²) in [5.74, 6) is -1.44. The molecule has 0 aliphatic carbocycles.